The average Bonchev–Trinajstić information content (AvgIpc) is 2.28. The van der Waals surface area contributed by atoms with E-state index >= 15 is 0 Å². The van der Waals surface area contributed by atoms with Gasteiger partial charge in [0.1, 0.15) is 18.3 Å². The van der Waals surface area contributed by atoms with E-state index in [1.165, 1.54) is 0 Å². The molecule has 1 aliphatic rings. The van der Waals surface area contributed by atoms with Gasteiger partial charge in [-0.2, -0.15) is 0 Å². The third-order valence-electron chi connectivity index (χ3n) is 1.73. The quantitative estimate of drug-likeness (QED) is 0.338. The van der Waals surface area contributed by atoms with Crippen LogP contribution in [0, 0.1) is 0 Å². The summed E-state index contributed by atoms with van der Waals surface area (Å²) in [4.78, 5) is 20.1. The Kier molecular flexibility index (Phi) is 7.11. The summed E-state index contributed by atoms with van der Waals surface area (Å²) in [6.45, 7) is -0.737. The number of phosphoric ester groups is 1. The van der Waals surface area contributed by atoms with Gasteiger partial charge >= 0.3 is 48.9 Å². The first-order valence-electron chi connectivity index (χ1n) is 3.67. The van der Waals surface area contributed by atoms with Crippen LogP contribution in [0.25, 0.3) is 0 Å². The molecule has 4 atom stereocenters. The van der Waals surface area contributed by atoms with Crippen molar-refractivity contribution in [3.05, 3.63) is 0 Å². The molecule has 0 bridgehead atoms. The molecule has 84 valence electrons. The van der Waals surface area contributed by atoms with E-state index in [1.807, 2.05) is 0 Å². The molecule has 10 heteroatoms. The van der Waals surface area contributed by atoms with Crippen molar-refractivity contribution in [1.82, 2.24) is 0 Å². The maximum atomic E-state index is 10.0. The Morgan fingerprint density at radius 3 is 2.13 bits per heavy atom. The van der Waals surface area contributed by atoms with Crippen LogP contribution < -0.4 is 9.79 Å². The van der Waals surface area contributed by atoms with Crippen molar-refractivity contribution in [1.29, 1.82) is 0 Å². The Labute approximate surface area is 126 Å². The van der Waals surface area contributed by atoms with Gasteiger partial charge in [-0.3, -0.25) is 0 Å². The maximum Gasteiger partial charge on any atom is 2.00 e. The monoisotopic (exact) mass is 366 g/mol. The first-order valence-corrected chi connectivity index (χ1v) is 5.13. The SMILES string of the molecule is O=P([O-])([O-])OC[C@H]1OC(O)[C@H](O)[C@@H]1O.[Ba+2]. The third kappa shape index (κ3) is 5.13. The number of hydrogen-bond acceptors (Lipinski definition) is 8. The molecule has 0 aromatic rings. The molecule has 0 aliphatic carbocycles. The molecular formula is C5H9BaO8P. The Morgan fingerprint density at radius 2 is 1.80 bits per heavy atom. The summed E-state index contributed by atoms with van der Waals surface area (Å²) in [5.74, 6) is 0. The van der Waals surface area contributed by atoms with Gasteiger partial charge in [0.15, 0.2) is 6.29 Å². The van der Waals surface area contributed by atoms with Crippen LogP contribution in [0.4, 0.5) is 0 Å². The molecule has 1 aliphatic heterocycles. The molecule has 1 fully saturated rings. The molecule has 0 aromatic carbocycles. The Morgan fingerprint density at radius 1 is 1.27 bits per heavy atom. The molecule has 1 saturated heterocycles. The van der Waals surface area contributed by atoms with E-state index in [2.05, 4.69) is 9.26 Å². The number of phosphoric acid groups is 1. The second-order valence-corrected chi connectivity index (χ2v) is 3.94. The third-order valence-corrected chi connectivity index (χ3v) is 2.20. The largest absolute Gasteiger partial charge is 2.00 e. The van der Waals surface area contributed by atoms with Gasteiger partial charge < -0.3 is 38.9 Å². The van der Waals surface area contributed by atoms with Crippen LogP contribution in [0.2, 0.25) is 0 Å². The summed E-state index contributed by atoms with van der Waals surface area (Å²) in [5, 5.41) is 26.9. The average molecular weight is 365 g/mol. The molecule has 15 heavy (non-hydrogen) atoms. The molecule has 1 heterocycles. The van der Waals surface area contributed by atoms with Gasteiger partial charge in [0.05, 0.1) is 14.4 Å². The van der Waals surface area contributed by atoms with E-state index in [-0.39, 0.29) is 48.9 Å². The fraction of sp³-hybridized carbons (Fsp3) is 1.00. The molecule has 0 saturated carbocycles. The van der Waals surface area contributed by atoms with Crippen molar-refractivity contribution in [2.75, 3.05) is 6.61 Å². The minimum Gasteiger partial charge on any atom is -0.790 e. The van der Waals surface area contributed by atoms with Gasteiger partial charge in [-0.05, 0) is 0 Å². The van der Waals surface area contributed by atoms with Crippen molar-refractivity contribution >= 4 is 56.7 Å². The first-order chi connectivity index (χ1) is 6.31. The molecule has 0 amide bonds. The summed E-state index contributed by atoms with van der Waals surface area (Å²) in [6, 6.07) is 0. The Bertz CT molecular complexity index is 243. The Balaban J connectivity index is 0.00000196. The van der Waals surface area contributed by atoms with Crippen molar-refractivity contribution in [3.63, 3.8) is 0 Å². The summed E-state index contributed by atoms with van der Waals surface area (Å²) in [6.07, 6.45) is -5.88. The molecule has 0 radical (unpaired) electrons. The van der Waals surface area contributed by atoms with Crippen LogP contribution in [0.3, 0.4) is 0 Å². The number of aliphatic hydroxyl groups is 3. The van der Waals surface area contributed by atoms with Crippen LogP contribution in [-0.4, -0.2) is 95.4 Å². The standard InChI is InChI=1S/C5H11O8P.Ba/c6-3-2(1-12-14(9,10)11)13-5(8)4(3)7;/h2-8H,1H2,(H2,9,10,11);/q;+2/p-2/t2-,3-,4-,5?;/m1./s1. The van der Waals surface area contributed by atoms with E-state index in [0.29, 0.717) is 0 Å². The minimum atomic E-state index is -5.14. The molecule has 8 nitrogen and oxygen atoms in total. The van der Waals surface area contributed by atoms with E-state index in [0.717, 1.165) is 0 Å². The second-order valence-electron chi connectivity index (χ2n) is 2.79. The number of aliphatic hydroxyl groups excluding tert-OH is 3. The zero-order chi connectivity index (χ0) is 10.9. The topological polar surface area (TPSA) is 142 Å². The minimum absolute atomic E-state index is 0. The zero-order valence-electron chi connectivity index (χ0n) is 7.55. The van der Waals surface area contributed by atoms with E-state index in [1.54, 1.807) is 0 Å². The summed E-state index contributed by atoms with van der Waals surface area (Å²) >= 11 is 0. The van der Waals surface area contributed by atoms with Crippen molar-refractivity contribution in [3.8, 4) is 0 Å². The molecule has 1 rings (SSSR count). The van der Waals surface area contributed by atoms with Gasteiger partial charge in [0, 0.05) is 0 Å². The van der Waals surface area contributed by atoms with E-state index in [4.69, 9.17) is 15.3 Å². The molecule has 3 N–H and O–H groups in total. The number of ether oxygens (including phenoxy) is 1. The van der Waals surface area contributed by atoms with Gasteiger partial charge in [0.2, 0.25) is 0 Å². The zero-order valence-corrected chi connectivity index (χ0v) is 12.9. The predicted molar refractivity (Wildman–Crippen MR) is 42.2 cm³/mol. The predicted octanol–water partition coefficient (Wildman–Crippen LogP) is -4.11. The maximum absolute atomic E-state index is 10.0. The normalized spacial score (nSPS) is 36.3. The van der Waals surface area contributed by atoms with Crippen LogP contribution in [0.1, 0.15) is 0 Å². The van der Waals surface area contributed by atoms with Crippen molar-refractivity contribution in [2.45, 2.75) is 24.6 Å². The van der Waals surface area contributed by atoms with Gasteiger partial charge in [0.25, 0.3) is 0 Å². The number of rotatable bonds is 3. The number of hydrogen-bond donors (Lipinski definition) is 3. The first kappa shape index (κ1) is 16.5. The summed E-state index contributed by atoms with van der Waals surface area (Å²) in [7, 11) is -5.14. The van der Waals surface area contributed by atoms with Crippen LogP contribution in [-0.2, 0) is 13.8 Å². The van der Waals surface area contributed by atoms with Gasteiger partial charge in [-0.15, -0.1) is 0 Å². The van der Waals surface area contributed by atoms with E-state index in [9.17, 15) is 14.4 Å². The van der Waals surface area contributed by atoms with Crippen LogP contribution in [0.5, 0.6) is 0 Å². The smallest absolute Gasteiger partial charge is 0.790 e. The van der Waals surface area contributed by atoms with Gasteiger partial charge in [-0.1, -0.05) is 0 Å². The van der Waals surface area contributed by atoms with Gasteiger partial charge in [-0.25, -0.2) is 0 Å². The van der Waals surface area contributed by atoms with Crippen LogP contribution >= 0.6 is 7.82 Å². The van der Waals surface area contributed by atoms with Crippen molar-refractivity contribution in [2.24, 2.45) is 0 Å². The van der Waals surface area contributed by atoms with E-state index < -0.39 is 39.0 Å². The molecular weight excluding hydrogens is 356 g/mol. The van der Waals surface area contributed by atoms with Crippen LogP contribution in [0.15, 0.2) is 0 Å². The van der Waals surface area contributed by atoms with Crippen molar-refractivity contribution < 1.29 is 38.9 Å². The fourth-order valence-corrected chi connectivity index (χ4v) is 1.36. The molecule has 1 unspecified atom stereocenters. The fourth-order valence-electron chi connectivity index (χ4n) is 1.03. The second kappa shape index (κ2) is 6.45. The molecule has 0 aromatic heterocycles. The summed E-state index contributed by atoms with van der Waals surface area (Å²) in [5.41, 5.74) is 0. The molecule has 0 spiro atoms. The Hall–Kier alpha value is 1.52. The summed E-state index contributed by atoms with van der Waals surface area (Å²) < 4.78 is 18.4.